The zero-order chi connectivity index (χ0) is 14.9. The Morgan fingerprint density at radius 3 is 2.56 bits per heavy atom. The summed E-state index contributed by atoms with van der Waals surface area (Å²) in [5, 5.41) is 0. The SMILES string of the molecule is [2H]c1cc(-c2cc[c]([Ge]([CH3])([CH3])[CH3])cn2)cc(OC)c1[2H]. The Morgan fingerprint density at radius 2 is 2.00 bits per heavy atom. The Hall–Kier alpha value is -1.29. The van der Waals surface area contributed by atoms with Crippen molar-refractivity contribution in [3.05, 3.63) is 42.5 Å². The molecule has 0 bridgehead atoms. The van der Waals surface area contributed by atoms with Crippen molar-refractivity contribution in [2.75, 3.05) is 7.11 Å². The molecule has 0 unspecified atom stereocenters. The average molecular weight is 304 g/mol. The first kappa shape index (κ1) is 10.6. The first-order chi connectivity index (χ1) is 9.32. The predicted octanol–water partition coefficient (Wildman–Crippen LogP) is 3.30. The Balaban J connectivity index is 2.44. The molecule has 0 spiro atoms. The summed E-state index contributed by atoms with van der Waals surface area (Å²) in [6.45, 7) is 0. The first-order valence-electron chi connectivity index (χ1n) is 6.95. The Kier molecular flexibility index (Phi) is 3.03. The number of pyridine rings is 1. The Labute approximate surface area is 114 Å². The second kappa shape index (κ2) is 5.14. The van der Waals surface area contributed by atoms with Crippen molar-refractivity contribution in [3.8, 4) is 17.0 Å². The van der Waals surface area contributed by atoms with Gasteiger partial charge in [-0.05, 0) is 0 Å². The van der Waals surface area contributed by atoms with Gasteiger partial charge in [0.2, 0.25) is 0 Å². The molecule has 0 saturated carbocycles. The van der Waals surface area contributed by atoms with Gasteiger partial charge >= 0.3 is 114 Å². The van der Waals surface area contributed by atoms with E-state index in [2.05, 4.69) is 28.3 Å². The van der Waals surface area contributed by atoms with E-state index in [4.69, 9.17) is 7.48 Å². The van der Waals surface area contributed by atoms with E-state index in [1.54, 1.807) is 12.1 Å². The van der Waals surface area contributed by atoms with Gasteiger partial charge in [-0.25, -0.2) is 0 Å². The second-order valence-corrected chi connectivity index (χ2v) is 15.9. The van der Waals surface area contributed by atoms with Gasteiger partial charge in [0.1, 0.15) is 0 Å². The fraction of sp³-hybridized carbons (Fsp3) is 0.267. The molecule has 18 heavy (non-hydrogen) atoms. The summed E-state index contributed by atoms with van der Waals surface area (Å²) in [6.07, 6.45) is 1.94. The zero-order valence-electron chi connectivity index (χ0n) is 13.2. The van der Waals surface area contributed by atoms with E-state index in [0.717, 1.165) is 11.3 Å². The van der Waals surface area contributed by atoms with Crippen LogP contribution in [-0.4, -0.2) is 25.4 Å². The molecule has 0 amide bonds. The number of nitrogens with zero attached hydrogens (tertiary/aromatic N) is 1. The molecule has 2 aromatic rings. The topological polar surface area (TPSA) is 22.1 Å². The summed E-state index contributed by atoms with van der Waals surface area (Å²) >= 11 is -1.84. The van der Waals surface area contributed by atoms with Gasteiger partial charge in [-0.2, -0.15) is 0 Å². The summed E-state index contributed by atoms with van der Waals surface area (Å²) in [5.74, 6) is 7.40. The molecule has 0 radical (unpaired) electrons. The third kappa shape index (κ3) is 2.93. The van der Waals surface area contributed by atoms with Crippen LogP contribution in [0.1, 0.15) is 2.74 Å². The van der Waals surface area contributed by atoms with Crippen molar-refractivity contribution in [1.82, 2.24) is 4.98 Å². The maximum absolute atomic E-state index is 7.81. The van der Waals surface area contributed by atoms with Crippen LogP contribution >= 0.6 is 0 Å². The molecule has 2 nitrogen and oxygen atoms in total. The first-order valence-corrected chi connectivity index (χ1v) is 13.3. The summed E-state index contributed by atoms with van der Waals surface area (Å²) in [7, 11) is 1.51. The van der Waals surface area contributed by atoms with E-state index in [0.29, 0.717) is 5.75 Å². The fourth-order valence-electron chi connectivity index (χ4n) is 1.67. The van der Waals surface area contributed by atoms with Gasteiger partial charge in [-0.3, -0.25) is 0 Å². The number of hydrogen-bond donors (Lipinski definition) is 0. The van der Waals surface area contributed by atoms with Crippen LogP contribution < -0.4 is 9.13 Å². The number of methoxy groups -OCH3 is 1. The summed E-state index contributed by atoms with van der Waals surface area (Å²) in [4.78, 5) is 4.51. The Morgan fingerprint density at radius 1 is 1.22 bits per heavy atom. The van der Waals surface area contributed by atoms with Crippen LogP contribution in [0.25, 0.3) is 11.3 Å². The van der Waals surface area contributed by atoms with Gasteiger partial charge in [0.25, 0.3) is 0 Å². The standard InChI is InChI=1S/C15H19GeNO/c1-16(2,3)13-8-9-15(17-11-13)12-6-5-7-14(10-12)18-4/h5-11H,1-4H3/i5D,7D. The number of aromatic nitrogens is 1. The molecule has 2 rings (SSSR count). The minimum atomic E-state index is -1.84. The Bertz CT molecular complexity index is 621. The zero-order valence-corrected chi connectivity index (χ0v) is 13.3. The van der Waals surface area contributed by atoms with Crippen LogP contribution in [0.2, 0.25) is 17.3 Å². The van der Waals surface area contributed by atoms with E-state index in [-0.39, 0.29) is 12.1 Å². The molecule has 0 fully saturated rings. The van der Waals surface area contributed by atoms with Crippen LogP contribution in [0.5, 0.6) is 5.75 Å². The summed E-state index contributed by atoms with van der Waals surface area (Å²) in [5.41, 5.74) is 1.63. The molecular weight excluding hydrogens is 283 g/mol. The number of ether oxygens (including phenoxy) is 1. The average Bonchev–Trinajstić information content (AvgIpc) is 2.41. The molecule has 0 aliphatic heterocycles. The molecule has 1 heterocycles. The molecule has 0 aliphatic carbocycles. The quantitative estimate of drug-likeness (QED) is 0.812. The van der Waals surface area contributed by atoms with Crippen molar-refractivity contribution in [3.63, 3.8) is 0 Å². The third-order valence-electron chi connectivity index (χ3n) is 2.85. The van der Waals surface area contributed by atoms with Crippen LogP contribution in [0, 0.1) is 0 Å². The van der Waals surface area contributed by atoms with E-state index in [9.17, 15) is 0 Å². The van der Waals surface area contributed by atoms with Gasteiger partial charge in [-0.15, -0.1) is 0 Å². The summed E-state index contributed by atoms with van der Waals surface area (Å²) < 4.78 is 22.0. The van der Waals surface area contributed by atoms with Crippen molar-refractivity contribution in [2.24, 2.45) is 0 Å². The van der Waals surface area contributed by atoms with Gasteiger partial charge < -0.3 is 0 Å². The van der Waals surface area contributed by atoms with E-state index < -0.39 is 13.3 Å². The van der Waals surface area contributed by atoms with Crippen molar-refractivity contribution < 1.29 is 7.48 Å². The normalized spacial score (nSPS) is 12.9. The second-order valence-electron chi connectivity index (χ2n) is 5.26. The number of benzene rings is 1. The minimum absolute atomic E-state index is 0.109. The fourth-order valence-corrected chi connectivity index (χ4v) is 3.84. The third-order valence-corrected chi connectivity index (χ3v) is 7.11. The van der Waals surface area contributed by atoms with Crippen molar-refractivity contribution >= 4 is 17.7 Å². The summed E-state index contributed by atoms with van der Waals surface area (Å²) in [6, 6.07) is 7.81. The van der Waals surface area contributed by atoms with Gasteiger partial charge in [-0.1, -0.05) is 0 Å². The molecule has 94 valence electrons. The van der Waals surface area contributed by atoms with E-state index >= 15 is 0 Å². The molecule has 0 saturated heterocycles. The van der Waals surface area contributed by atoms with Crippen LogP contribution in [0.15, 0.2) is 42.5 Å². The van der Waals surface area contributed by atoms with Crippen LogP contribution in [-0.2, 0) is 0 Å². The number of rotatable bonds is 3. The number of hydrogen-bond acceptors (Lipinski definition) is 2. The van der Waals surface area contributed by atoms with Crippen LogP contribution in [0.3, 0.4) is 0 Å². The van der Waals surface area contributed by atoms with Crippen LogP contribution in [0.4, 0.5) is 0 Å². The molecule has 1 aromatic heterocycles. The van der Waals surface area contributed by atoms with E-state index in [1.165, 1.54) is 11.5 Å². The molecule has 0 atom stereocenters. The van der Waals surface area contributed by atoms with Gasteiger partial charge in [0.05, 0.1) is 0 Å². The van der Waals surface area contributed by atoms with E-state index in [1.807, 2.05) is 12.3 Å². The predicted molar refractivity (Wildman–Crippen MR) is 79.2 cm³/mol. The molecule has 3 heteroatoms. The maximum atomic E-state index is 7.81. The molecule has 0 aliphatic rings. The van der Waals surface area contributed by atoms with Crippen molar-refractivity contribution in [2.45, 2.75) is 17.3 Å². The molecule has 0 N–H and O–H groups in total. The van der Waals surface area contributed by atoms with Gasteiger partial charge in [0, 0.05) is 0 Å². The van der Waals surface area contributed by atoms with Gasteiger partial charge in [0.15, 0.2) is 0 Å². The molecule has 1 aromatic carbocycles. The monoisotopic (exact) mass is 305 g/mol. The molecular formula is C15H19GeNO. The van der Waals surface area contributed by atoms with Crippen molar-refractivity contribution in [1.29, 1.82) is 0 Å².